The molecule has 1 aromatic carbocycles. The second-order valence-electron chi connectivity index (χ2n) is 3.46. The molecule has 0 spiro atoms. The van der Waals surface area contributed by atoms with E-state index in [-0.39, 0.29) is 11.9 Å². The molecule has 1 rings (SSSR count). The van der Waals surface area contributed by atoms with Crippen LogP contribution in [-0.2, 0) is 0 Å². The molecule has 0 aliphatic carbocycles. The monoisotopic (exact) mass is 193 g/mol. The van der Waals surface area contributed by atoms with E-state index in [0.29, 0.717) is 5.56 Å². The van der Waals surface area contributed by atoms with E-state index in [2.05, 4.69) is 5.32 Å². The van der Waals surface area contributed by atoms with Crippen LogP contribution in [0.1, 0.15) is 18.1 Å². The molecule has 1 N–H and O–H groups in total. The van der Waals surface area contributed by atoms with Crippen LogP contribution in [0.4, 0.5) is 4.39 Å². The van der Waals surface area contributed by atoms with Crippen molar-refractivity contribution in [2.75, 3.05) is 7.05 Å². The summed E-state index contributed by atoms with van der Waals surface area (Å²) in [4.78, 5) is 0. The fraction of sp³-hybridized carbons (Fsp3) is 0.333. The molecule has 0 fully saturated rings. The van der Waals surface area contributed by atoms with E-state index in [4.69, 9.17) is 0 Å². The number of nitrogens with one attached hydrogen (secondary N) is 1. The Kier molecular flexibility index (Phi) is 3.84. The molecule has 0 aliphatic rings. The van der Waals surface area contributed by atoms with E-state index < -0.39 is 0 Å². The van der Waals surface area contributed by atoms with Crippen molar-refractivity contribution in [1.29, 1.82) is 0 Å². The molecule has 0 aliphatic heterocycles. The van der Waals surface area contributed by atoms with E-state index in [1.165, 1.54) is 6.07 Å². The third-order valence-electron chi connectivity index (χ3n) is 2.17. The van der Waals surface area contributed by atoms with E-state index in [1.54, 1.807) is 6.07 Å². The fourth-order valence-corrected chi connectivity index (χ4v) is 1.14. The maximum Gasteiger partial charge on any atom is 0.130 e. The van der Waals surface area contributed by atoms with Crippen molar-refractivity contribution < 1.29 is 4.39 Å². The minimum Gasteiger partial charge on any atom is -0.314 e. The van der Waals surface area contributed by atoms with Crippen LogP contribution in [0.15, 0.2) is 24.3 Å². The van der Waals surface area contributed by atoms with Crippen molar-refractivity contribution >= 4 is 6.08 Å². The topological polar surface area (TPSA) is 12.0 Å². The van der Waals surface area contributed by atoms with Gasteiger partial charge in [0.05, 0.1) is 0 Å². The molecule has 0 heterocycles. The summed E-state index contributed by atoms with van der Waals surface area (Å²) in [7, 11) is 1.88. The summed E-state index contributed by atoms with van der Waals surface area (Å²) in [6.45, 7) is 3.97. The maximum absolute atomic E-state index is 13.3. The number of hydrogen-bond donors (Lipinski definition) is 1. The number of aryl methyl sites for hydroxylation is 1. The smallest absolute Gasteiger partial charge is 0.130 e. The minimum atomic E-state index is -0.171. The van der Waals surface area contributed by atoms with Crippen molar-refractivity contribution in [2.45, 2.75) is 19.9 Å². The number of rotatable bonds is 3. The second-order valence-corrected chi connectivity index (χ2v) is 3.46. The molecule has 1 aromatic rings. The van der Waals surface area contributed by atoms with Gasteiger partial charge in [-0.3, -0.25) is 0 Å². The normalized spacial score (nSPS) is 13.4. The molecule has 0 radical (unpaired) electrons. The predicted molar refractivity (Wildman–Crippen MR) is 58.7 cm³/mol. The molecule has 0 amide bonds. The summed E-state index contributed by atoms with van der Waals surface area (Å²) >= 11 is 0. The Labute approximate surface area is 84.6 Å². The summed E-state index contributed by atoms with van der Waals surface area (Å²) in [5, 5.41) is 3.06. The summed E-state index contributed by atoms with van der Waals surface area (Å²) in [5.41, 5.74) is 1.72. The fourth-order valence-electron chi connectivity index (χ4n) is 1.14. The van der Waals surface area contributed by atoms with Crippen LogP contribution < -0.4 is 5.32 Å². The highest BCUT2D eigenvalue weighted by Gasteiger charge is 1.98. The SMILES string of the molecule is CNC(C)/C=C/c1cc(C)ccc1F. The van der Waals surface area contributed by atoms with E-state index in [9.17, 15) is 4.39 Å². The van der Waals surface area contributed by atoms with Gasteiger partial charge in [0.25, 0.3) is 0 Å². The quantitative estimate of drug-likeness (QED) is 0.778. The van der Waals surface area contributed by atoms with Crippen molar-refractivity contribution in [3.8, 4) is 0 Å². The van der Waals surface area contributed by atoms with Crippen molar-refractivity contribution in [3.05, 3.63) is 41.2 Å². The van der Waals surface area contributed by atoms with Crippen LogP contribution in [0.5, 0.6) is 0 Å². The van der Waals surface area contributed by atoms with Gasteiger partial charge in [-0.05, 0) is 33.0 Å². The van der Waals surface area contributed by atoms with E-state index in [1.807, 2.05) is 39.1 Å². The summed E-state index contributed by atoms with van der Waals surface area (Å²) in [6.07, 6.45) is 3.75. The molecule has 2 heteroatoms. The first kappa shape index (κ1) is 10.9. The van der Waals surface area contributed by atoms with Gasteiger partial charge in [0.15, 0.2) is 0 Å². The largest absolute Gasteiger partial charge is 0.314 e. The van der Waals surface area contributed by atoms with Gasteiger partial charge in [-0.1, -0.05) is 23.8 Å². The van der Waals surface area contributed by atoms with Gasteiger partial charge in [0, 0.05) is 11.6 Å². The third-order valence-corrected chi connectivity index (χ3v) is 2.17. The maximum atomic E-state index is 13.3. The van der Waals surface area contributed by atoms with Gasteiger partial charge in [-0.2, -0.15) is 0 Å². The van der Waals surface area contributed by atoms with Crippen LogP contribution in [0.25, 0.3) is 6.08 Å². The zero-order valence-electron chi connectivity index (χ0n) is 8.84. The Hall–Kier alpha value is -1.15. The van der Waals surface area contributed by atoms with Crippen molar-refractivity contribution in [2.24, 2.45) is 0 Å². The Morgan fingerprint density at radius 2 is 2.14 bits per heavy atom. The van der Waals surface area contributed by atoms with E-state index in [0.717, 1.165) is 5.56 Å². The number of hydrogen-bond acceptors (Lipinski definition) is 1. The molecule has 0 saturated carbocycles. The zero-order valence-corrected chi connectivity index (χ0v) is 8.84. The lowest BCUT2D eigenvalue weighted by Gasteiger charge is -2.03. The number of likely N-dealkylation sites (N-methyl/N-ethyl adjacent to an activating group) is 1. The molecular weight excluding hydrogens is 177 g/mol. The van der Waals surface area contributed by atoms with Crippen LogP contribution in [0.2, 0.25) is 0 Å². The standard InChI is InChI=1S/C12H16FN/c1-9-4-7-12(13)11(8-9)6-5-10(2)14-3/h4-8,10,14H,1-3H3/b6-5+. The second kappa shape index (κ2) is 4.91. The highest BCUT2D eigenvalue weighted by atomic mass is 19.1. The molecule has 0 bridgehead atoms. The highest BCUT2D eigenvalue weighted by molar-refractivity contribution is 5.51. The lowest BCUT2D eigenvalue weighted by Crippen LogP contribution is -2.17. The van der Waals surface area contributed by atoms with Crippen LogP contribution >= 0.6 is 0 Å². The molecule has 14 heavy (non-hydrogen) atoms. The Bertz CT molecular complexity index is 331. The Morgan fingerprint density at radius 3 is 2.79 bits per heavy atom. The first-order chi connectivity index (χ1) is 6.63. The van der Waals surface area contributed by atoms with E-state index >= 15 is 0 Å². The molecular formula is C12H16FN. The average Bonchev–Trinajstić information content (AvgIpc) is 2.19. The molecule has 1 atom stereocenters. The van der Waals surface area contributed by atoms with Gasteiger partial charge in [-0.15, -0.1) is 0 Å². The van der Waals surface area contributed by atoms with Crippen LogP contribution in [-0.4, -0.2) is 13.1 Å². The highest BCUT2D eigenvalue weighted by Crippen LogP contribution is 2.11. The molecule has 0 aromatic heterocycles. The molecule has 1 nitrogen and oxygen atoms in total. The average molecular weight is 193 g/mol. The lowest BCUT2D eigenvalue weighted by molar-refractivity contribution is 0.624. The first-order valence-corrected chi connectivity index (χ1v) is 4.75. The Morgan fingerprint density at radius 1 is 1.43 bits per heavy atom. The van der Waals surface area contributed by atoms with Gasteiger partial charge in [0.2, 0.25) is 0 Å². The van der Waals surface area contributed by atoms with Gasteiger partial charge >= 0.3 is 0 Å². The summed E-state index contributed by atoms with van der Waals surface area (Å²) in [5.74, 6) is -0.171. The summed E-state index contributed by atoms with van der Waals surface area (Å²) in [6, 6.07) is 5.37. The Balaban J connectivity index is 2.85. The van der Waals surface area contributed by atoms with Gasteiger partial charge in [-0.25, -0.2) is 4.39 Å². The number of benzene rings is 1. The molecule has 76 valence electrons. The number of halogens is 1. The lowest BCUT2D eigenvalue weighted by atomic mass is 10.1. The minimum absolute atomic E-state index is 0.171. The van der Waals surface area contributed by atoms with Crippen molar-refractivity contribution in [3.63, 3.8) is 0 Å². The van der Waals surface area contributed by atoms with Crippen LogP contribution in [0.3, 0.4) is 0 Å². The zero-order chi connectivity index (χ0) is 10.6. The van der Waals surface area contributed by atoms with Gasteiger partial charge in [0.1, 0.15) is 5.82 Å². The van der Waals surface area contributed by atoms with Gasteiger partial charge < -0.3 is 5.32 Å². The third kappa shape index (κ3) is 2.96. The molecule has 1 unspecified atom stereocenters. The molecule has 0 saturated heterocycles. The van der Waals surface area contributed by atoms with Crippen LogP contribution in [0, 0.1) is 12.7 Å². The van der Waals surface area contributed by atoms with Crippen molar-refractivity contribution in [1.82, 2.24) is 5.32 Å². The predicted octanol–water partition coefficient (Wildman–Crippen LogP) is 2.76. The summed E-state index contributed by atoms with van der Waals surface area (Å²) < 4.78 is 13.3. The first-order valence-electron chi connectivity index (χ1n) is 4.75.